The topological polar surface area (TPSA) is 80.8 Å². The number of aromatic nitrogens is 1. The molecule has 5 rings (SSSR count). The third-order valence-corrected chi connectivity index (χ3v) is 6.90. The van der Waals surface area contributed by atoms with Crippen LogP contribution in [0.15, 0.2) is 48.5 Å². The Hall–Kier alpha value is -3.03. The molecule has 174 valence electrons. The van der Waals surface area contributed by atoms with Gasteiger partial charge in [-0.3, -0.25) is 4.90 Å². The summed E-state index contributed by atoms with van der Waals surface area (Å²) < 4.78 is 5.43. The molecular formula is C26H32N4O3. The van der Waals surface area contributed by atoms with Crippen molar-refractivity contribution in [3.05, 3.63) is 65.4 Å². The Balaban J connectivity index is 1.55. The van der Waals surface area contributed by atoms with Gasteiger partial charge in [-0.25, -0.2) is 4.79 Å². The number of benzene rings is 2. The van der Waals surface area contributed by atoms with Crippen LogP contribution in [0.1, 0.15) is 36.7 Å². The molecule has 1 atom stereocenters. The van der Waals surface area contributed by atoms with Crippen LogP contribution < -0.4 is 10.1 Å². The Morgan fingerprint density at radius 3 is 2.64 bits per heavy atom. The Morgan fingerprint density at radius 1 is 1.21 bits per heavy atom. The van der Waals surface area contributed by atoms with E-state index in [1.807, 2.05) is 36.9 Å². The molecule has 0 saturated carbocycles. The summed E-state index contributed by atoms with van der Waals surface area (Å²) in [4.78, 5) is 20.9. The average molecular weight is 449 g/mol. The lowest BCUT2D eigenvalue weighted by Gasteiger charge is -2.56. The van der Waals surface area contributed by atoms with Gasteiger partial charge in [0.1, 0.15) is 5.75 Å². The number of rotatable bonds is 5. The van der Waals surface area contributed by atoms with Crippen LogP contribution >= 0.6 is 0 Å². The van der Waals surface area contributed by atoms with Gasteiger partial charge in [-0.05, 0) is 37.1 Å². The zero-order valence-electron chi connectivity index (χ0n) is 19.5. The molecule has 0 aliphatic carbocycles. The van der Waals surface area contributed by atoms with Crippen molar-refractivity contribution in [1.82, 2.24) is 20.1 Å². The summed E-state index contributed by atoms with van der Waals surface area (Å²) in [5, 5.41) is 14.5. The molecule has 2 amide bonds. The maximum Gasteiger partial charge on any atom is 0.318 e. The molecule has 0 bridgehead atoms. The van der Waals surface area contributed by atoms with Crippen molar-refractivity contribution in [3.63, 3.8) is 0 Å². The van der Waals surface area contributed by atoms with Gasteiger partial charge in [0.05, 0.1) is 19.8 Å². The van der Waals surface area contributed by atoms with E-state index in [-0.39, 0.29) is 24.1 Å². The number of H-pyrrole nitrogens is 1. The van der Waals surface area contributed by atoms with Crippen molar-refractivity contribution in [3.8, 4) is 5.75 Å². The van der Waals surface area contributed by atoms with E-state index in [2.05, 4.69) is 45.5 Å². The van der Waals surface area contributed by atoms with Gasteiger partial charge in [-0.15, -0.1) is 0 Å². The highest BCUT2D eigenvalue weighted by atomic mass is 16.5. The van der Waals surface area contributed by atoms with E-state index in [9.17, 15) is 9.90 Å². The first-order valence-corrected chi connectivity index (χ1v) is 11.6. The third kappa shape index (κ3) is 3.75. The van der Waals surface area contributed by atoms with E-state index < -0.39 is 6.04 Å². The van der Waals surface area contributed by atoms with Gasteiger partial charge in [-0.1, -0.05) is 30.3 Å². The summed E-state index contributed by atoms with van der Waals surface area (Å²) in [6, 6.07) is 16.0. The van der Waals surface area contributed by atoms with E-state index in [0.717, 1.165) is 42.0 Å². The maximum absolute atomic E-state index is 13.2. The summed E-state index contributed by atoms with van der Waals surface area (Å²) in [7, 11) is 1.66. The first-order valence-electron chi connectivity index (χ1n) is 11.6. The van der Waals surface area contributed by atoms with Crippen LogP contribution in [0, 0.1) is 0 Å². The number of fused-ring (bicyclic) bond motifs is 4. The van der Waals surface area contributed by atoms with Crippen molar-refractivity contribution >= 4 is 16.9 Å². The zero-order valence-corrected chi connectivity index (χ0v) is 19.5. The van der Waals surface area contributed by atoms with Crippen LogP contribution in [0.25, 0.3) is 10.9 Å². The second-order valence-electron chi connectivity index (χ2n) is 9.67. The lowest BCUT2D eigenvalue weighted by molar-refractivity contribution is 0.00614. The highest BCUT2D eigenvalue weighted by Crippen LogP contribution is 2.48. The fourth-order valence-corrected chi connectivity index (χ4v) is 5.57. The number of urea groups is 1. The molecule has 1 spiro atoms. The molecular weight excluding hydrogens is 416 g/mol. The summed E-state index contributed by atoms with van der Waals surface area (Å²) in [6.45, 7) is 6.96. The van der Waals surface area contributed by atoms with Crippen molar-refractivity contribution in [2.24, 2.45) is 0 Å². The molecule has 33 heavy (non-hydrogen) atoms. The van der Waals surface area contributed by atoms with Crippen LogP contribution in [0.5, 0.6) is 5.75 Å². The van der Waals surface area contributed by atoms with E-state index in [1.165, 1.54) is 11.1 Å². The Morgan fingerprint density at radius 2 is 1.97 bits per heavy atom. The molecule has 1 fully saturated rings. The monoisotopic (exact) mass is 448 g/mol. The van der Waals surface area contributed by atoms with Crippen molar-refractivity contribution < 1.29 is 14.6 Å². The summed E-state index contributed by atoms with van der Waals surface area (Å²) in [5.41, 5.74) is 4.25. The van der Waals surface area contributed by atoms with Crippen molar-refractivity contribution in [2.45, 2.75) is 37.9 Å². The molecule has 2 aliphatic heterocycles. The first kappa shape index (κ1) is 21.8. The number of carbonyl (C=O) groups excluding carboxylic acids is 1. The van der Waals surface area contributed by atoms with Crippen LogP contribution in [-0.2, 0) is 12.0 Å². The zero-order chi connectivity index (χ0) is 23.2. The molecule has 2 aliphatic rings. The number of hydrogen-bond donors (Lipinski definition) is 3. The Labute approximate surface area is 194 Å². The molecule has 3 N–H and O–H groups in total. The fraction of sp³-hybridized carbons (Fsp3) is 0.423. The fourth-order valence-electron chi connectivity index (χ4n) is 5.57. The minimum Gasteiger partial charge on any atom is -0.497 e. The quantitative estimate of drug-likeness (QED) is 0.559. The van der Waals surface area contributed by atoms with Crippen molar-refractivity contribution in [1.29, 1.82) is 0 Å². The first-order chi connectivity index (χ1) is 15.9. The number of nitrogens with one attached hydrogen (secondary N) is 2. The predicted octanol–water partition coefficient (Wildman–Crippen LogP) is 3.40. The number of nitrogens with zero attached hydrogens (tertiary/aromatic N) is 2. The number of carbonyl (C=O) groups is 1. The summed E-state index contributed by atoms with van der Waals surface area (Å²) in [5.74, 6) is 0.782. The number of amides is 2. The lowest BCUT2D eigenvalue weighted by atomic mass is 9.68. The highest BCUT2D eigenvalue weighted by Gasteiger charge is 2.53. The second-order valence-corrected chi connectivity index (χ2v) is 9.67. The molecule has 1 aromatic heterocycles. The summed E-state index contributed by atoms with van der Waals surface area (Å²) in [6.07, 6.45) is 0. The van der Waals surface area contributed by atoms with Gasteiger partial charge in [0, 0.05) is 60.3 Å². The lowest BCUT2D eigenvalue weighted by Crippen LogP contribution is -2.67. The largest absolute Gasteiger partial charge is 0.497 e. The SMILES string of the molecule is COc1ccc2c3c([nH]c2c1)[C@@H](CO)N(C(=O)NC(C)C)CC31CN(Cc2ccccc2)C1. The number of methoxy groups -OCH3 is 1. The highest BCUT2D eigenvalue weighted by molar-refractivity contribution is 5.89. The number of ether oxygens (including phenoxy) is 1. The molecule has 0 unspecified atom stereocenters. The van der Waals surface area contributed by atoms with E-state index in [0.29, 0.717) is 6.54 Å². The molecule has 0 radical (unpaired) electrons. The number of aliphatic hydroxyl groups excluding tert-OH is 1. The third-order valence-electron chi connectivity index (χ3n) is 6.90. The number of hydrogen-bond acceptors (Lipinski definition) is 4. The number of likely N-dealkylation sites (tertiary alicyclic amines) is 1. The standard InChI is InChI=1S/C26H32N4O3/c1-17(2)27-25(32)30-16-26(14-29(15-26)12-18-7-5-4-6-8-18)23-20-10-9-19(33-3)11-21(20)28-24(23)22(30)13-31/h4-11,17,22,28,31H,12-16H2,1-3H3,(H,27,32)/t22-/m1/s1. The van der Waals surface area contributed by atoms with E-state index >= 15 is 0 Å². The van der Waals surface area contributed by atoms with Gasteiger partial charge in [0.15, 0.2) is 0 Å². The summed E-state index contributed by atoms with van der Waals surface area (Å²) >= 11 is 0. The average Bonchev–Trinajstić information content (AvgIpc) is 3.17. The molecule has 2 aromatic carbocycles. The van der Waals surface area contributed by atoms with Crippen molar-refractivity contribution in [2.75, 3.05) is 33.4 Å². The predicted molar refractivity (Wildman–Crippen MR) is 128 cm³/mol. The van der Waals surface area contributed by atoms with Gasteiger partial charge in [0.2, 0.25) is 0 Å². The van der Waals surface area contributed by atoms with Gasteiger partial charge in [-0.2, -0.15) is 0 Å². The maximum atomic E-state index is 13.2. The molecule has 7 heteroatoms. The van der Waals surface area contributed by atoms with Crippen LogP contribution in [0.3, 0.4) is 0 Å². The molecule has 3 aromatic rings. The van der Waals surface area contributed by atoms with Crippen LogP contribution in [0.4, 0.5) is 4.79 Å². The van der Waals surface area contributed by atoms with E-state index in [4.69, 9.17) is 4.74 Å². The van der Waals surface area contributed by atoms with Crippen LogP contribution in [0.2, 0.25) is 0 Å². The minimum absolute atomic E-state index is 0.0251. The second kappa shape index (κ2) is 8.39. The smallest absolute Gasteiger partial charge is 0.318 e. The molecule has 7 nitrogen and oxygen atoms in total. The van der Waals surface area contributed by atoms with E-state index in [1.54, 1.807) is 7.11 Å². The number of aliphatic hydroxyl groups is 1. The number of aromatic amines is 1. The normalized spacial score (nSPS) is 19.5. The molecule has 1 saturated heterocycles. The molecule has 3 heterocycles. The Bertz CT molecular complexity index is 1150. The minimum atomic E-state index is -0.411. The van der Waals surface area contributed by atoms with Crippen LogP contribution in [-0.4, -0.2) is 65.3 Å². The van der Waals surface area contributed by atoms with Gasteiger partial charge in [0.25, 0.3) is 0 Å². The Kier molecular flexibility index (Phi) is 5.54. The van der Waals surface area contributed by atoms with Gasteiger partial charge >= 0.3 is 6.03 Å². The van der Waals surface area contributed by atoms with Gasteiger partial charge < -0.3 is 25.0 Å².